The minimum atomic E-state index is -0.118. The molecule has 8 heteroatoms. The van der Waals surface area contributed by atoms with Crippen molar-refractivity contribution in [3.8, 4) is 0 Å². The first kappa shape index (κ1) is 20.2. The van der Waals surface area contributed by atoms with Crippen LogP contribution in [0.1, 0.15) is 39.0 Å². The van der Waals surface area contributed by atoms with Gasteiger partial charge >= 0.3 is 0 Å². The topological polar surface area (TPSA) is 47.9 Å². The van der Waals surface area contributed by atoms with E-state index in [2.05, 4.69) is 45.1 Å². The summed E-state index contributed by atoms with van der Waals surface area (Å²) < 4.78 is 0.0401. The van der Waals surface area contributed by atoms with Crippen LogP contribution in [0.2, 0.25) is 10.0 Å². The van der Waals surface area contributed by atoms with Gasteiger partial charge in [-0.05, 0) is 37.0 Å². The Morgan fingerprint density at radius 2 is 2.12 bits per heavy atom. The molecule has 0 bridgehead atoms. The molecule has 1 aromatic carbocycles. The molecule has 1 saturated heterocycles. The third kappa shape index (κ3) is 5.03. The molecule has 2 aliphatic heterocycles. The molecule has 0 radical (unpaired) electrons. The molecule has 2 atom stereocenters. The number of carbonyl (C=O) groups is 1. The van der Waals surface area contributed by atoms with Gasteiger partial charge in [-0.3, -0.25) is 15.2 Å². The van der Waals surface area contributed by atoms with Crippen molar-refractivity contribution in [2.45, 2.75) is 43.1 Å². The Bertz CT molecular complexity index is 700. The number of rotatable bonds is 3. The predicted octanol–water partition coefficient (Wildman–Crippen LogP) is 4.86. The quantitative estimate of drug-likeness (QED) is 0.360. The van der Waals surface area contributed by atoms with E-state index >= 15 is 0 Å². The molecule has 1 unspecified atom stereocenters. The van der Waals surface area contributed by atoms with Crippen LogP contribution in [0.25, 0.3) is 0 Å². The van der Waals surface area contributed by atoms with E-state index in [0.717, 1.165) is 25.2 Å². The van der Waals surface area contributed by atoms with Crippen LogP contribution in [0, 0.1) is 5.92 Å². The van der Waals surface area contributed by atoms with Gasteiger partial charge in [-0.15, -0.1) is 0 Å². The Labute approximate surface area is 178 Å². The second-order valence-electron chi connectivity index (χ2n) is 6.97. The first-order valence-corrected chi connectivity index (χ1v) is 11.0. The molecule has 1 fully saturated rings. The standard InChI is InChI=1S/C18H23Cl2IN4O/c1-12-5-3-2-4-8-24(11-12)23-18(26)15-10-17(21)25(22-15)16-7-6-13(19)9-14(16)20/h6-7,9,12,17H,2-5,8,10-11H2,1H3,(H,23,26)/t12?,17-/m0/s1. The zero-order chi connectivity index (χ0) is 18.7. The second-order valence-corrected chi connectivity index (χ2v) is 9.25. The van der Waals surface area contributed by atoms with E-state index in [1.165, 1.54) is 19.3 Å². The summed E-state index contributed by atoms with van der Waals surface area (Å²) in [6.45, 7) is 4.02. The van der Waals surface area contributed by atoms with Gasteiger partial charge in [-0.1, -0.05) is 65.6 Å². The maximum Gasteiger partial charge on any atom is 0.281 e. The average molecular weight is 509 g/mol. The normalized spacial score (nSPS) is 24.8. The molecule has 3 rings (SSSR count). The van der Waals surface area contributed by atoms with Gasteiger partial charge in [0, 0.05) is 24.5 Å². The molecule has 142 valence electrons. The second kappa shape index (κ2) is 9.08. The Kier molecular flexibility index (Phi) is 7.05. The lowest BCUT2D eigenvalue weighted by atomic mass is 10.0. The summed E-state index contributed by atoms with van der Waals surface area (Å²) in [6, 6.07) is 5.30. The molecule has 0 aliphatic carbocycles. The summed E-state index contributed by atoms with van der Waals surface area (Å²) in [5, 5.41) is 9.49. The molecule has 2 heterocycles. The van der Waals surface area contributed by atoms with E-state index in [9.17, 15) is 4.79 Å². The van der Waals surface area contributed by atoms with E-state index in [4.69, 9.17) is 23.2 Å². The maximum atomic E-state index is 12.7. The Balaban J connectivity index is 1.69. The van der Waals surface area contributed by atoms with Gasteiger partial charge in [0.15, 0.2) is 0 Å². The van der Waals surface area contributed by atoms with Crippen molar-refractivity contribution in [1.82, 2.24) is 10.4 Å². The van der Waals surface area contributed by atoms with Crippen LogP contribution in [0.15, 0.2) is 23.3 Å². The highest BCUT2D eigenvalue weighted by atomic mass is 127. The number of nitrogens with zero attached hydrogens (tertiary/aromatic N) is 3. The van der Waals surface area contributed by atoms with E-state index in [-0.39, 0.29) is 9.96 Å². The first-order chi connectivity index (χ1) is 12.4. The lowest BCUT2D eigenvalue weighted by Gasteiger charge is -2.28. The van der Waals surface area contributed by atoms with Gasteiger partial charge in [0.05, 0.1) is 10.7 Å². The zero-order valence-corrected chi connectivity index (χ0v) is 18.4. The number of anilines is 1. The first-order valence-electron chi connectivity index (χ1n) is 8.96. The number of alkyl halides is 1. The molecule has 1 aromatic rings. The van der Waals surface area contributed by atoms with Crippen LogP contribution < -0.4 is 10.4 Å². The molecule has 5 nitrogen and oxygen atoms in total. The molecule has 2 aliphatic rings. The lowest BCUT2D eigenvalue weighted by Crippen LogP contribution is -2.47. The van der Waals surface area contributed by atoms with Crippen molar-refractivity contribution >= 4 is 63.1 Å². The fraction of sp³-hybridized carbons (Fsp3) is 0.556. The van der Waals surface area contributed by atoms with Crippen LogP contribution >= 0.6 is 45.8 Å². The molecule has 26 heavy (non-hydrogen) atoms. The predicted molar refractivity (Wildman–Crippen MR) is 116 cm³/mol. The lowest BCUT2D eigenvalue weighted by molar-refractivity contribution is -0.119. The summed E-state index contributed by atoms with van der Waals surface area (Å²) in [7, 11) is 0. The van der Waals surface area contributed by atoms with E-state index < -0.39 is 0 Å². The van der Waals surface area contributed by atoms with E-state index in [0.29, 0.717) is 28.1 Å². The Morgan fingerprint density at radius 1 is 1.31 bits per heavy atom. The Hall–Kier alpha value is -0.570. The summed E-state index contributed by atoms with van der Waals surface area (Å²) >= 11 is 14.6. The number of benzene rings is 1. The van der Waals surface area contributed by atoms with Gasteiger partial charge < -0.3 is 0 Å². The third-order valence-electron chi connectivity index (χ3n) is 4.69. The van der Waals surface area contributed by atoms with Gasteiger partial charge in [-0.2, -0.15) is 5.10 Å². The molecule has 1 N–H and O–H groups in total. The molecular formula is C18H23Cl2IN4O. The molecule has 0 saturated carbocycles. The summed E-state index contributed by atoms with van der Waals surface area (Å²) in [5.74, 6) is 0.467. The minimum absolute atomic E-state index is 0.0401. The highest BCUT2D eigenvalue weighted by Gasteiger charge is 2.31. The largest absolute Gasteiger partial charge is 0.284 e. The highest BCUT2D eigenvalue weighted by molar-refractivity contribution is 14.1. The van der Waals surface area contributed by atoms with Crippen LogP contribution in [0.5, 0.6) is 0 Å². The van der Waals surface area contributed by atoms with Gasteiger partial charge in [0.2, 0.25) is 0 Å². The number of hydrogen-bond donors (Lipinski definition) is 1. The Morgan fingerprint density at radius 3 is 2.88 bits per heavy atom. The molecule has 0 spiro atoms. The number of hydrazine groups is 1. The maximum absolute atomic E-state index is 12.7. The van der Waals surface area contributed by atoms with Gasteiger partial charge in [0.1, 0.15) is 9.76 Å². The number of hydrogen-bond acceptors (Lipinski definition) is 4. The number of nitrogens with one attached hydrogen (secondary N) is 1. The van der Waals surface area contributed by atoms with Crippen molar-refractivity contribution in [1.29, 1.82) is 0 Å². The fourth-order valence-electron chi connectivity index (χ4n) is 3.33. The fourth-order valence-corrected chi connectivity index (χ4v) is 4.67. The molecular weight excluding hydrogens is 486 g/mol. The number of carbonyl (C=O) groups excluding carboxylic acids is 1. The number of hydrazone groups is 1. The third-order valence-corrected chi connectivity index (χ3v) is 6.20. The van der Waals surface area contributed by atoms with E-state index in [1.807, 2.05) is 6.07 Å². The van der Waals surface area contributed by atoms with Crippen molar-refractivity contribution in [2.24, 2.45) is 11.0 Å². The number of amides is 1. The van der Waals surface area contributed by atoms with Crippen molar-refractivity contribution in [3.05, 3.63) is 28.2 Å². The zero-order valence-electron chi connectivity index (χ0n) is 14.7. The van der Waals surface area contributed by atoms with Crippen LogP contribution in [-0.4, -0.2) is 33.8 Å². The monoisotopic (exact) mass is 508 g/mol. The van der Waals surface area contributed by atoms with E-state index in [1.54, 1.807) is 17.1 Å². The smallest absolute Gasteiger partial charge is 0.281 e. The summed E-state index contributed by atoms with van der Waals surface area (Å²) in [4.78, 5) is 12.7. The number of halogens is 3. The van der Waals surface area contributed by atoms with Crippen molar-refractivity contribution in [2.75, 3.05) is 18.1 Å². The summed E-state index contributed by atoms with van der Waals surface area (Å²) in [5.41, 5.74) is 4.35. The highest BCUT2D eigenvalue weighted by Crippen LogP contribution is 2.35. The van der Waals surface area contributed by atoms with Crippen molar-refractivity contribution in [3.63, 3.8) is 0 Å². The van der Waals surface area contributed by atoms with Crippen LogP contribution in [0.4, 0.5) is 5.69 Å². The SMILES string of the molecule is CC1CCCCCN(NC(=O)C2=NN(c3ccc(Cl)cc3Cl)[C@H](I)C2)C1. The molecule has 0 aromatic heterocycles. The molecule has 1 amide bonds. The van der Waals surface area contributed by atoms with Gasteiger partial charge in [-0.25, -0.2) is 5.01 Å². The minimum Gasteiger partial charge on any atom is -0.284 e. The average Bonchev–Trinajstić information content (AvgIpc) is 2.94. The van der Waals surface area contributed by atoms with Crippen LogP contribution in [-0.2, 0) is 4.79 Å². The van der Waals surface area contributed by atoms with Crippen LogP contribution in [0.3, 0.4) is 0 Å². The summed E-state index contributed by atoms with van der Waals surface area (Å²) in [6.07, 6.45) is 5.40. The van der Waals surface area contributed by atoms with Gasteiger partial charge in [0.25, 0.3) is 5.91 Å². The van der Waals surface area contributed by atoms with Crippen molar-refractivity contribution < 1.29 is 4.79 Å².